The second kappa shape index (κ2) is 6.93. The van der Waals surface area contributed by atoms with Gasteiger partial charge in [0.05, 0.1) is 11.1 Å². The number of furan rings is 1. The maximum absolute atomic E-state index is 10.5. The molecule has 3 aromatic rings. The monoisotopic (exact) mass is 342 g/mol. The van der Waals surface area contributed by atoms with Gasteiger partial charge in [0.25, 0.3) is 5.69 Å². The van der Waals surface area contributed by atoms with E-state index in [9.17, 15) is 10.1 Å². The first-order valence-electron chi connectivity index (χ1n) is 6.87. The second-order valence-corrected chi connectivity index (χ2v) is 5.17. The van der Waals surface area contributed by atoms with Gasteiger partial charge in [-0.3, -0.25) is 15.5 Å². The van der Waals surface area contributed by atoms with E-state index in [4.69, 9.17) is 16.0 Å². The maximum Gasteiger partial charge on any atom is 0.287 e. The molecule has 0 amide bonds. The fraction of sp³-hybridized carbons (Fsp3) is 0. The van der Waals surface area contributed by atoms with Crippen LogP contribution in [0.15, 0.2) is 64.2 Å². The lowest BCUT2D eigenvalue weighted by atomic mass is 10.2. The topological polar surface area (TPSA) is 93.6 Å². The highest BCUT2D eigenvalue weighted by Gasteiger charge is 2.05. The van der Waals surface area contributed by atoms with E-state index in [0.717, 1.165) is 11.8 Å². The number of aromatic nitrogens is 1. The molecule has 8 heteroatoms. The largest absolute Gasteiger partial charge is 0.455 e. The summed E-state index contributed by atoms with van der Waals surface area (Å²) < 4.78 is 5.66. The van der Waals surface area contributed by atoms with Gasteiger partial charge in [0.2, 0.25) is 0 Å². The predicted octanol–water partition coefficient (Wildman–Crippen LogP) is 4.35. The number of benzene rings is 1. The zero-order valence-electron chi connectivity index (χ0n) is 12.2. The van der Waals surface area contributed by atoms with Gasteiger partial charge in [-0.2, -0.15) is 5.10 Å². The van der Waals surface area contributed by atoms with E-state index in [1.165, 1.54) is 18.3 Å². The second-order valence-electron chi connectivity index (χ2n) is 4.74. The summed E-state index contributed by atoms with van der Waals surface area (Å²) in [5.41, 5.74) is 3.50. The molecule has 1 N–H and O–H groups in total. The first-order chi connectivity index (χ1) is 11.6. The van der Waals surface area contributed by atoms with Gasteiger partial charge in [-0.15, -0.1) is 0 Å². The van der Waals surface area contributed by atoms with Crippen LogP contribution in [0.5, 0.6) is 0 Å². The molecule has 0 saturated carbocycles. The van der Waals surface area contributed by atoms with Crippen molar-refractivity contribution in [2.24, 2.45) is 5.10 Å². The molecule has 0 aliphatic rings. The Morgan fingerprint density at radius 2 is 1.96 bits per heavy atom. The Balaban J connectivity index is 1.65. The third kappa shape index (κ3) is 3.76. The molecule has 7 nitrogen and oxygen atoms in total. The lowest BCUT2D eigenvalue weighted by Gasteiger charge is -1.98. The molecule has 2 aromatic heterocycles. The fourth-order valence-corrected chi connectivity index (χ4v) is 2.04. The van der Waals surface area contributed by atoms with Gasteiger partial charge < -0.3 is 4.42 Å². The van der Waals surface area contributed by atoms with E-state index < -0.39 is 4.92 Å². The van der Waals surface area contributed by atoms with Crippen molar-refractivity contribution in [3.63, 3.8) is 0 Å². The van der Waals surface area contributed by atoms with Gasteiger partial charge in [-0.05, 0) is 42.5 Å². The van der Waals surface area contributed by atoms with E-state index in [0.29, 0.717) is 22.4 Å². The molecule has 0 aliphatic heterocycles. The van der Waals surface area contributed by atoms with Crippen molar-refractivity contribution in [1.82, 2.24) is 4.98 Å². The number of nitrogens with one attached hydrogen (secondary N) is 1. The summed E-state index contributed by atoms with van der Waals surface area (Å²) >= 11 is 5.85. The minimum atomic E-state index is -0.513. The van der Waals surface area contributed by atoms with Gasteiger partial charge in [-0.1, -0.05) is 11.6 Å². The van der Waals surface area contributed by atoms with Crippen LogP contribution >= 0.6 is 11.6 Å². The molecule has 0 aliphatic carbocycles. The van der Waals surface area contributed by atoms with Crippen LogP contribution in [0.4, 0.5) is 11.5 Å². The Bertz CT molecular complexity index is 873. The van der Waals surface area contributed by atoms with Crippen molar-refractivity contribution in [3.05, 3.63) is 75.6 Å². The lowest BCUT2D eigenvalue weighted by molar-refractivity contribution is -0.385. The average Bonchev–Trinajstić information content (AvgIpc) is 3.05. The number of hydrogen-bond acceptors (Lipinski definition) is 6. The minimum absolute atomic E-state index is 0.0804. The number of hydrogen-bond donors (Lipinski definition) is 1. The number of nitro groups is 1. The van der Waals surface area contributed by atoms with Crippen LogP contribution in [-0.2, 0) is 0 Å². The molecule has 0 atom stereocenters. The molecule has 2 heterocycles. The summed E-state index contributed by atoms with van der Waals surface area (Å²) in [6.45, 7) is 0. The van der Waals surface area contributed by atoms with Gasteiger partial charge in [0.1, 0.15) is 23.5 Å². The Labute approximate surface area is 141 Å². The van der Waals surface area contributed by atoms with Crippen LogP contribution in [-0.4, -0.2) is 16.1 Å². The van der Waals surface area contributed by atoms with Gasteiger partial charge in [-0.25, -0.2) is 4.98 Å². The maximum atomic E-state index is 10.5. The molecule has 0 spiro atoms. The summed E-state index contributed by atoms with van der Waals surface area (Å²) in [5.74, 6) is 1.64. The molecule has 1 aromatic carbocycles. The Morgan fingerprint density at radius 1 is 1.17 bits per heavy atom. The van der Waals surface area contributed by atoms with Crippen LogP contribution in [0.1, 0.15) is 5.76 Å². The van der Waals surface area contributed by atoms with E-state index in [-0.39, 0.29) is 5.69 Å². The number of pyridine rings is 1. The Hall–Kier alpha value is -3.19. The zero-order valence-corrected chi connectivity index (χ0v) is 13.0. The molecule has 3 rings (SSSR count). The quantitative estimate of drug-likeness (QED) is 0.422. The molecule has 0 unspecified atom stereocenters. The van der Waals surface area contributed by atoms with E-state index in [1.54, 1.807) is 18.2 Å². The molecular weight excluding hydrogens is 332 g/mol. The van der Waals surface area contributed by atoms with Crippen LogP contribution in [0.3, 0.4) is 0 Å². The molecule has 0 fully saturated rings. The van der Waals surface area contributed by atoms with Crippen LogP contribution in [0.2, 0.25) is 5.02 Å². The third-order valence-electron chi connectivity index (χ3n) is 3.09. The van der Waals surface area contributed by atoms with Crippen molar-refractivity contribution < 1.29 is 9.34 Å². The fourth-order valence-electron chi connectivity index (χ4n) is 1.91. The first-order valence-corrected chi connectivity index (χ1v) is 7.25. The summed E-state index contributed by atoms with van der Waals surface area (Å²) in [7, 11) is 0. The van der Waals surface area contributed by atoms with Crippen LogP contribution in [0.25, 0.3) is 11.3 Å². The van der Waals surface area contributed by atoms with Crippen molar-refractivity contribution in [1.29, 1.82) is 0 Å². The van der Waals surface area contributed by atoms with E-state index in [1.807, 2.05) is 18.2 Å². The highest BCUT2D eigenvalue weighted by atomic mass is 35.5. The van der Waals surface area contributed by atoms with Gasteiger partial charge in [0, 0.05) is 16.7 Å². The van der Waals surface area contributed by atoms with Gasteiger partial charge >= 0.3 is 0 Å². The normalized spacial score (nSPS) is 10.9. The molecule has 0 saturated heterocycles. The van der Waals surface area contributed by atoms with Crippen molar-refractivity contribution >= 4 is 29.3 Å². The molecule has 120 valence electrons. The molecule has 24 heavy (non-hydrogen) atoms. The number of anilines is 1. The third-order valence-corrected chi connectivity index (χ3v) is 3.34. The number of rotatable bonds is 5. The molecular formula is C16H11ClN4O3. The summed E-state index contributed by atoms with van der Waals surface area (Å²) in [4.78, 5) is 13.9. The summed E-state index contributed by atoms with van der Waals surface area (Å²) in [5, 5.41) is 15.2. The lowest BCUT2D eigenvalue weighted by Crippen LogP contribution is -1.94. The predicted molar refractivity (Wildman–Crippen MR) is 91.3 cm³/mol. The Kier molecular flexibility index (Phi) is 4.53. The highest BCUT2D eigenvalue weighted by Crippen LogP contribution is 2.23. The van der Waals surface area contributed by atoms with Crippen LogP contribution < -0.4 is 5.43 Å². The van der Waals surface area contributed by atoms with Gasteiger partial charge in [0.15, 0.2) is 0 Å². The number of hydrazone groups is 1. The average molecular weight is 343 g/mol. The highest BCUT2D eigenvalue weighted by molar-refractivity contribution is 6.30. The SMILES string of the molecule is O=[N+]([O-])c1ccc(N/N=C/c2ccc(-c3ccc(Cl)cc3)o2)nc1. The Morgan fingerprint density at radius 3 is 2.62 bits per heavy atom. The van der Waals surface area contributed by atoms with E-state index in [2.05, 4.69) is 15.5 Å². The number of halogens is 1. The van der Waals surface area contributed by atoms with Crippen molar-refractivity contribution in [3.8, 4) is 11.3 Å². The summed E-state index contributed by atoms with van der Waals surface area (Å²) in [6, 6.07) is 13.7. The number of nitrogens with zero attached hydrogens (tertiary/aromatic N) is 3. The first kappa shape index (κ1) is 15.7. The van der Waals surface area contributed by atoms with Crippen LogP contribution in [0, 0.1) is 10.1 Å². The summed E-state index contributed by atoms with van der Waals surface area (Å²) in [6.07, 6.45) is 2.64. The minimum Gasteiger partial charge on any atom is -0.455 e. The van der Waals surface area contributed by atoms with E-state index >= 15 is 0 Å². The van der Waals surface area contributed by atoms with Crippen molar-refractivity contribution in [2.75, 3.05) is 5.43 Å². The zero-order chi connectivity index (χ0) is 16.9. The van der Waals surface area contributed by atoms with Crippen molar-refractivity contribution in [2.45, 2.75) is 0 Å². The smallest absolute Gasteiger partial charge is 0.287 e. The molecule has 0 radical (unpaired) electrons. The standard InChI is InChI=1S/C16H11ClN4O3/c17-12-3-1-11(2-4-12)15-7-6-14(24-15)10-19-20-16-8-5-13(9-18-16)21(22)23/h1-10H,(H,18,20)/b19-10+. The molecule has 0 bridgehead atoms.